The first kappa shape index (κ1) is 25.4. The standard InChI is InChI=1S/C29H40N6O2/c1-5-35-28-25(18-31-35)27(32-21(3)22-9-7-6-8-10-22)26(17-30-28)29(36)33-15-16-34(20(2)19-33)23-11-13-24(37-4)14-12-23/h11-14,17-18,20-22H,5-10,15-16,19H2,1-4H3,(H,30,32)/t20?,21-/m1/s1. The second-order valence-corrected chi connectivity index (χ2v) is 10.6. The number of rotatable bonds is 7. The average Bonchev–Trinajstić information content (AvgIpc) is 3.37. The van der Waals surface area contributed by atoms with Gasteiger partial charge >= 0.3 is 0 Å². The fourth-order valence-electron chi connectivity index (χ4n) is 6.03. The zero-order valence-corrected chi connectivity index (χ0v) is 22.6. The topological polar surface area (TPSA) is 75.5 Å². The Balaban J connectivity index is 1.39. The summed E-state index contributed by atoms with van der Waals surface area (Å²) in [4.78, 5) is 23.0. The van der Waals surface area contributed by atoms with Crippen LogP contribution in [0.5, 0.6) is 5.75 Å². The molecule has 198 valence electrons. The van der Waals surface area contributed by atoms with E-state index in [9.17, 15) is 4.79 Å². The molecule has 37 heavy (non-hydrogen) atoms. The minimum atomic E-state index is 0.0400. The van der Waals surface area contributed by atoms with Crippen LogP contribution in [0.1, 0.15) is 63.2 Å². The van der Waals surface area contributed by atoms with Gasteiger partial charge in [-0.05, 0) is 63.8 Å². The van der Waals surface area contributed by atoms with E-state index in [0.29, 0.717) is 24.6 Å². The quantitative estimate of drug-likeness (QED) is 0.477. The van der Waals surface area contributed by atoms with E-state index in [-0.39, 0.29) is 18.0 Å². The number of nitrogens with one attached hydrogen (secondary N) is 1. The van der Waals surface area contributed by atoms with E-state index < -0.39 is 0 Å². The number of amides is 1. The maximum absolute atomic E-state index is 14.0. The van der Waals surface area contributed by atoms with E-state index in [1.54, 1.807) is 13.3 Å². The fourth-order valence-corrected chi connectivity index (χ4v) is 6.03. The van der Waals surface area contributed by atoms with Gasteiger partial charge in [-0.15, -0.1) is 0 Å². The number of fused-ring (bicyclic) bond motifs is 1. The Bertz CT molecular complexity index is 1220. The second kappa shape index (κ2) is 11.0. The average molecular weight is 505 g/mol. The van der Waals surface area contributed by atoms with E-state index in [0.717, 1.165) is 41.2 Å². The SMILES string of the molecule is CCn1ncc2c(N[C@H](C)C3CCCCC3)c(C(=O)N3CCN(c4ccc(OC)cc4)C(C)C3)cnc21. The first-order chi connectivity index (χ1) is 18.0. The summed E-state index contributed by atoms with van der Waals surface area (Å²) in [5, 5.41) is 9.25. The predicted octanol–water partition coefficient (Wildman–Crippen LogP) is 5.19. The Kier molecular flexibility index (Phi) is 7.53. The van der Waals surface area contributed by atoms with Gasteiger partial charge in [-0.1, -0.05) is 19.3 Å². The van der Waals surface area contributed by atoms with Gasteiger partial charge in [0.05, 0.1) is 29.9 Å². The lowest BCUT2D eigenvalue weighted by atomic mass is 9.84. The summed E-state index contributed by atoms with van der Waals surface area (Å²) >= 11 is 0. The molecule has 2 atom stereocenters. The van der Waals surface area contributed by atoms with Crippen molar-refractivity contribution in [3.8, 4) is 5.75 Å². The van der Waals surface area contributed by atoms with Gasteiger partial charge in [0.15, 0.2) is 5.65 Å². The molecule has 0 bridgehead atoms. The molecule has 3 heterocycles. The van der Waals surface area contributed by atoms with Crippen molar-refractivity contribution in [3.63, 3.8) is 0 Å². The number of carbonyl (C=O) groups is 1. The zero-order chi connectivity index (χ0) is 25.9. The normalized spacial score (nSPS) is 19.7. The Morgan fingerprint density at radius 2 is 1.89 bits per heavy atom. The van der Waals surface area contributed by atoms with Crippen LogP contribution < -0.4 is 15.0 Å². The minimum Gasteiger partial charge on any atom is -0.497 e. The highest BCUT2D eigenvalue weighted by molar-refractivity contribution is 6.06. The number of aryl methyl sites for hydroxylation is 1. The molecule has 0 spiro atoms. The number of pyridine rings is 1. The highest BCUT2D eigenvalue weighted by Crippen LogP contribution is 2.33. The first-order valence-electron chi connectivity index (χ1n) is 13.8. The molecule has 1 saturated carbocycles. The summed E-state index contributed by atoms with van der Waals surface area (Å²) < 4.78 is 7.21. The van der Waals surface area contributed by atoms with Crippen molar-refractivity contribution in [2.75, 3.05) is 37.0 Å². The maximum Gasteiger partial charge on any atom is 0.257 e. The van der Waals surface area contributed by atoms with Crippen LogP contribution >= 0.6 is 0 Å². The lowest BCUT2D eigenvalue weighted by Gasteiger charge is -2.41. The summed E-state index contributed by atoms with van der Waals surface area (Å²) in [6.45, 7) is 9.36. The number of anilines is 2. The van der Waals surface area contributed by atoms with Crippen molar-refractivity contribution < 1.29 is 9.53 Å². The number of piperazine rings is 1. The Hall–Kier alpha value is -3.29. The van der Waals surface area contributed by atoms with Crippen molar-refractivity contribution in [3.05, 3.63) is 42.2 Å². The van der Waals surface area contributed by atoms with Crippen molar-refractivity contribution in [1.82, 2.24) is 19.7 Å². The molecule has 3 aromatic rings. The van der Waals surface area contributed by atoms with Crippen molar-refractivity contribution in [2.45, 2.75) is 71.5 Å². The van der Waals surface area contributed by atoms with Crippen LogP contribution in [0.25, 0.3) is 11.0 Å². The van der Waals surface area contributed by atoms with Crippen LogP contribution in [0.15, 0.2) is 36.7 Å². The second-order valence-electron chi connectivity index (χ2n) is 10.6. The molecule has 1 aliphatic heterocycles. The molecule has 2 fully saturated rings. The molecule has 8 nitrogen and oxygen atoms in total. The highest BCUT2D eigenvalue weighted by atomic mass is 16.5. The number of hydrogen-bond donors (Lipinski definition) is 1. The summed E-state index contributed by atoms with van der Waals surface area (Å²) in [7, 11) is 1.68. The Morgan fingerprint density at radius 3 is 2.57 bits per heavy atom. The fraction of sp³-hybridized carbons (Fsp3) is 0.552. The molecule has 1 saturated heterocycles. The molecule has 1 aliphatic carbocycles. The third-order valence-electron chi connectivity index (χ3n) is 8.24. The molecule has 1 aromatic carbocycles. The van der Waals surface area contributed by atoms with Crippen LogP contribution in [0.3, 0.4) is 0 Å². The van der Waals surface area contributed by atoms with Crippen LogP contribution in [-0.2, 0) is 6.54 Å². The Labute approximate surface area is 220 Å². The van der Waals surface area contributed by atoms with Gasteiger partial charge in [0.1, 0.15) is 5.75 Å². The largest absolute Gasteiger partial charge is 0.497 e. The summed E-state index contributed by atoms with van der Waals surface area (Å²) in [6, 6.07) is 8.64. The van der Waals surface area contributed by atoms with Gasteiger partial charge in [0.25, 0.3) is 5.91 Å². The molecular weight excluding hydrogens is 464 g/mol. The number of ether oxygens (including phenoxy) is 1. The number of benzene rings is 1. The predicted molar refractivity (Wildman–Crippen MR) is 149 cm³/mol. The molecule has 2 aliphatic rings. The van der Waals surface area contributed by atoms with Crippen LogP contribution in [0.2, 0.25) is 0 Å². The van der Waals surface area contributed by atoms with Gasteiger partial charge in [-0.3, -0.25) is 4.79 Å². The highest BCUT2D eigenvalue weighted by Gasteiger charge is 2.31. The number of aromatic nitrogens is 3. The van der Waals surface area contributed by atoms with Crippen molar-refractivity contribution >= 4 is 28.3 Å². The molecule has 8 heteroatoms. The number of nitrogens with zero attached hydrogens (tertiary/aromatic N) is 5. The number of carbonyl (C=O) groups excluding carboxylic acids is 1. The lowest BCUT2D eigenvalue weighted by Crippen LogP contribution is -2.53. The van der Waals surface area contributed by atoms with Crippen molar-refractivity contribution in [1.29, 1.82) is 0 Å². The molecule has 1 unspecified atom stereocenters. The van der Waals surface area contributed by atoms with E-state index in [2.05, 4.69) is 48.2 Å². The molecule has 1 N–H and O–H groups in total. The van der Waals surface area contributed by atoms with Gasteiger partial charge in [0.2, 0.25) is 0 Å². The third kappa shape index (κ3) is 5.11. The number of methoxy groups -OCH3 is 1. The summed E-state index contributed by atoms with van der Waals surface area (Å²) in [6.07, 6.45) is 10.0. The van der Waals surface area contributed by atoms with Gasteiger partial charge in [-0.2, -0.15) is 5.10 Å². The van der Waals surface area contributed by atoms with E-state index in [1.165, 1.54) is 32.1 Å². The summed E-state index contributed by atoms with van der Waals surface area (Å²) in [5.74, 6) is 1.51. The molecule has 2 aromatic heterocycles. The van der Waals surface area contributed by atoms with E-state index in [1.807, 2.05) is 27.9 Å². The summed E-state index contributed by atoms with van der Waals surface area (Å²) in [5.41, 5.74) is 3.52. The zero-order valence-electron chi connectivity index (χ0n) is 22.6. The van der Waals surface area contributed by atoms with Crippen LogP contribution in [0.4, 0.5) is 11.4 Å². The van der Waals surface area contributed by atoms with Gasteiger partial charge in [-0.25, -0.2) is 9.67 Å². The van der Waals surface area contributed by atoms with Crippen LogP contribution in [-0.4, -0.2) is 64.4 Å². The molecule has 1 amide bonds. The van der Waals surface area contributed by atoms with Crippen molar-refractivity contribution in [2.24, 2.45) is 5.92 Å². The lowest BCUT2D eigenvalue weighted by molar-refractivity contribution is 0.0727. The van der Waals surface area contributed by atoms with Crippen LogP contribution in [0, 0.1) is 5.92 Å². The van der Waals surface area contributed by atoms with E-state index in [4.69, 9.17) is 9.72 Å². The molecule has 0 radical (unpaired) electrons. The minimum absolute atomic E-state index is 0.0400. The number of hydrogen-bond acceptors (Lipinski definition) is 6. The third-order valence-corrected chi connectivity index (χ3v) is 8.24. The maximum atomic E-state index is 14.0. The Morgan fingerprint density at radius 1 is 1.14 bits per heavy atom. The smallest absolute Gasteiger partial charge is 0.257 e. The molecular formula is C29H40N6O2. The van der Waals surface area contributed by atoms with Gasteiger partial charge in [0, 0.05) is 50.1 Å². The first-order valence-corrected chi connectivity index (χ1v) is 13.8. The molecule has 5 rings (SSSR count). The van der Waals surface area contributed by atoms with E-state index >= 15 is 0 Å². The monoisotopic (exact) mass is 504 g/mol. The van der Waals surface area contributed by atoms with Gasteiger partial charge < -0.3 is 19.9 Å².